The molecule has 2 rings (SSSR count). The van der Waals surface area contributed by atoms with Crippen molar-refractivity contribution >= 4 is 5.91 Å². The molecule has 2 heterocycles. The Morgan fingerprint density at radius 3 is 3.27 bits per heavy atom. The number of nitrogens with one attached hydrogen (secondary N) is 1. The molecule has 0 aliphatic carbocycles. The highest BCUT2D eigenvalue weighted by molar-refractivity contribution is 5.92. The Labute approximate surface area is 87.2 Å². The molecule has 15 heavy (non-hydrogen) atoms. The van der Waals surface area contributed by atoms with Crippen molar-refractivity contribution in [1.29, 1.82) is 0 Å². The van der Waals surface area contributed by atoms with E-state index in [-0.39, 0.29) is 12.0 Å². The third-order valence-corrected chi connectivity index (χ3v) is 2.13. The molecule has 1 fully saturated rings. The highest BCUT2D eigenvalue weighted by Crippen LogP contribution is 2.01. The Bertz CT molecular complexity index is 344. The maximum absolute atomic E-state index is 11.5. The number of amides is 1. The zero-order valence-electron chi connectivity index (χ0n) is 8.47. The van der Waals surface area contributed by atoms with E-state index in [1.807, 2.05) is 0 Å². The van der Waals surface area contributed by atoms with Crippen LogP contribution < -0.4 is 5.32 Å². The lowest BCUT2D eigenvalue weighted by Gasteiger charge is -2.07. The minimum atomic E-state index is -0.189. The number of carbonyl (C=O) groups excluding carboxylic acids is 1. The Balaban J connectivity index is 1.81. The quantitative estimate of drug-likeness (QED) is 0.733. The largest absolute Gasteiger partial charge is 0.353 e. The number of hydrogen-bond acceptors (Lipinski definition) is 4. The highest BCUT2D eigenvalue weighted by Gasteiger charge is 2.17. The van der Waals surface area contributed by atoms with Crippen LogP contribution in [0.3, 0.4) is 0 Å². The molecule has 1 atom stereocenters. The first-order valence-corrected chi connectivity index (χ1v) is 4.73. The van der Waals surface area contributed by atoms with Crippen molar-refractivity contribution in [3.8, 4) is 0 Å². The lowest BCUT2D eigenvalue weighted by Crippen LogP contribution is -2.33. The molecule has 1 aromatic heterocycles. The van der Waals surface area contributed by atoms with Crippen LogP contribution in [0.15, 0.2) is 12.3 Å². The second-order valence-electron chi connectivity index (χ2n) is 3.36. The molecule has 0 saturated carbocycles. The Morgan fingerprint density at radius 1 is 1.80 bits per heavy atom. The first-order chi connectivity index (χ1) is 7.25. The molecule has 1 saturated heterocycles. The van der Waals surface area contributed by atoms with Gasteiger partial charge in [0.1, 0.15) is 18.6 Å². The lowest BCUT2D eigenvalue weighted by atomic mass is 10.3. The van der Waals surface area contributed by atoms with E-state index in [9.17, 15) is 4.79 Å². The van der Waals surface area contributed by atoms with Gasteiger partial charge in [-0.2, -0.15) is 5.10 Å². The molecule has 6 nitrogen and oxygen atoms in total. The number of nitrogens with zero attached hydrogens (tertiary/aromatic N) is 2. The van der Waals surface area contributed by atoms with E-state index in [1.54, 1.807) is 24.0 Å². The zero-order valence-corrected chi connectivity index (χ0v) is 8.47. The topological polar surface area (TPSA) is 65.4 Å². The first-order valence-electron chi connectivity index (χ1n) is 4.73. The van der Waals surface area contributed by atoms with E-state index in [0.717, 1.165) is 0 Å². The van der Waals surface area contributed by atoms with Crippen molar-refractivity contribution in [1.82, 2.24) is 15.1 Å². The van der Waals surface area contributed by atoms with Crippen LogP contribution in [-0.4, -0.2) is 41.7 Å². The van der Waals surface area contributed by atoms with Crippen LogP contribution in [0.1, 0.15) is 10.5 Å². The van der Waals surface area contributed by atoms with E-state index < -0.39 is 0 Å². The van der Waals surface area contributed by atoms with E-state index in [2.05, 4.69) is 10.4 Å². The van der Waals surface area contributed by atoms with Gasteiger partial charge in [-0.3, -0.25) is 9.48 Å². The number of ether oxygens (including phenoxy) is 2. The van der Waals surface area contributed by atoms with Crippen LogP contribution in [0.25, 0.3) is 0 Å². The van der Waals surface area contributed by atoms with Gasteiger partial charge in [-0.15, -0.1) is 0 Å². The van der Waals surface area contributed by atoms with Crippen molar-refractivity contribution < 1.29 is 14.3 Å². The van der Waals surface area contributed by atoms with Crippen molar-refractivity contribution in [2.75, 3.05) is 19.9 Å². The maximum atomic E-state index is 11.5. The van der Waals surface area contributed by atoms with Gasteiger partial charge in [0.25, 0.3) is 5.91 Å². The summed E-state index contributed by atoms with van der Waals surface area (Å²) in [7, 11) is 1.77. The molecular weight excluding hydrogens is 198 g/mol. The molecule has 1 unspecified atom stereocenters. The number of hydrogen-bond donors (Lipinski definition) is 1. The van der Waals surface area contributed by atoms with Crippen LogP contribution in [0, 0.1) is 0 Å². The van der Waals surface area contributed by atoms with Crippen molar-refractivity contribution in [3.05, 3.63) is 18.0 Å². The number of aromatic nitrogens is 2. The fourth-order valence-electron chi connectivity index (χ4n) is 1.32. The van der Waals surface area contributed by atoms with Gasteiger partial charge >= 0.3 is 0 Å². The van der Waals surface area contributed by atoms with Crippen LogP contribution in [0.4, 0.5) is 0 Å². The van der Waals surface area contributed by atoms with Gasteiger partial charge in [-0.1, -0.05) is 0 Å². The van der Waals surface area contributed by atoms with Crippen molar-refractivity contribution in [2.24, 2.45) is 7.05 Å². The highest BCUT2D eigenvalue weighted by atomic mass is 16.7. The summed E-state index contributed by atoms with van der Waals surface area (Å²) in [6.07, 6.45) is 1.68. The Hall–Kier alpha value is -1.40. The van der Waals surface area contributed by atoms with Gasteiger partial charge in [0, 0.05) is 19.8 Å². The molecule has 0 spiro atoms. The van der Waals surface area contributed by atoms with Crippen LogP contribution in [0.2, 0.25) is 0 Å². The summed E-state index contributed by atoms with van der Waals surface area (Å²) in [5.74, 6) is -0.189. The van der Waals surface area contributed by atoms with Gasteiger partial charge < -0.3 is 14.8 Å². The summed E-state index contributed by atoms with van der Waals surface area (Å²) in [5.41, 5.74) is 0.413. The summed E-state index contributed by atoms with van der Waals surface area (Å²) >= 11 is 0. The summed E-state index contributed by atoms with van der Waals surface area (Å²) < 4.78 is 11.8. The maximum Gasteiger partial charge on any atom is 0.271 e. The molecular formula is C9H13N3O3. The van der Waals surface area contributed by atoms with Crippen LogP contribution in [-0.2, 0) is 16.5 Å². The van der Waals surface area contributed by atoms with Crippen LogP contribution in [0.5, 0.6) is 0 Å². The van der Waals surface area contributed by atoms with Crippen molar-refractivity contribution in [2.45, 2.75) is 6.10 Å². The minimum Gasteiger partial charge on any atom is -0.353 e. The SMILES string of the molecule is Cn1ccc(C(=O)NCC2COCO2)n1. The monoisotopic (exact) mass is 211 g/mol. The van der Waals surface area contributed by atoms with E-state index >= 15 is 0 Å². The average Bonchev–Trinajstić information content (AvgIpc) is 2.84. The standard InChI is InChI=1S/C9H13N3O3/c1-12-3-2-8(11-12)9(13)10-4-7-5-14-6-15-7/h2-3,7H,4-6H2,1H3,(H,10,13). The normalized spacial score (nSPS) is 20.5. The van der Waals surface area contributed by atoms with Crippen molar-refractivity contribution in [3.63, 3.8) is 0 Å². The first kappa shape index (κ1) is 10.1. The van der Waals surface area contributed by atoms with Gasteiger partial charge in [-0.05, 0) is 6.07 Å². The molecule has 1 aliphatic rings. The molecule has 1 aliphatic heterocycles. The second-order valence-corrected chi connectivity index (χ2v) is 3.36. The fraction of sp³-hybridized carbons (Fsp3) is 0.556. The predicted octanol–water partition coefficient (Wildman–Crippen LogP) is -0.477. The smallest absolute Gasteiger partial charge is 0.271 e. The summed E-state index contributed by atoms with van der Waals surface area (Å²) in [4.78, 5) is 11.5. The number of aryl methyl sites for hydroxylation is 1. The second kappa shape index (κ2) is 4.41. The molecule has 1 N–H and O–H groups in total. The zero-order chi connectivity index (χ0) is 10.7. The molecule has 0 bridgehead atoms. The summed E-state index contributed by atoms with van der Waals surface area (Å²) in [5, 5.41) is 6.72. The molecule has 0 aromatic carbocycles. The predicted molar refractivity (Wildman–Crippen MR) is 51.2 cm³/mol. The van der Waals surface area contributed by atoms with E-state index in [4.69, 9.17) is 9.47 Å². The average molecular weight is 211 g/mol. The third kappa shape index (κ3) is 2.54. The Kier molecular flexibility index (Phi) is 2.98. The van der Waals surface area contributed by atoms with E-state index in [0.29, 0.717) is 25.6 Å². The fourth-order valence-corrected chi connectivity index (χ4v) is 1.32. The number of rotatable bonds is 3. The third-order valence-electron chi connectivity index (χ3n) is 2.13. The Morgan fingerprint density at radius 2 is 2.67 bits per heavy atom. The number of carbonyl (C=O) groups is 1. The molecule has 0 radical (unpaired) electrons. The molecule has 6 heteroatoms. The minimum absolute atomic E-state index is 0.0438. The molecule has 82 valence electrons. The van der Waals surface area contributed by atoms with Gasteiger partial charge in [0.05, 0.1) is 6.61 Å². The summed E-state index contributed by atoms with van der Waals surface area (Å²) in [6, 6.07) is 1.67. The van der Waals surface area contributed by atoms with Gasteiger partial charge in [0.15, 0.2) is 0 Å². The molecule has 1 amide bonds. The summed E-state index contributed by atoms with van der Waals surface area (Å²) in [6.45, 7) is 1.29. The van der Waals surface area contributed by atoms with E-state index in [1.165, 1.54) is 0 Å². The van der Waals surface area contributed by atoms with Gasteiger partial charge in [-0.25, -0.2) is 0 Å². The lowest BCUT2D eigenvalue weighted by molar-refractivity contribution is 0.0461. The van der Waals surface area contributed by atoms with Crippen LogP contribution >= 0.6 is 0 Å². The van der Waals surface area contributed by atoms with Gasteiger partial charge in [0.2, 0.25) is 0 Å². The molecule has 1 aromatic rings.